The molecule has 0 bridgehead atoms. The number of para-hydroxylation sites is 1. The molecule has 6 nitrogen and oxygen atoms in total. The average molecular weight is 454 g/mol. The first-order valence-corrected chi connectivity index (χ1v) is 10.2. The summed E-state index contributed by atoms with van der Waals surface area (Å²) in [5, 5.41) is 5.97. The van der Waals surface area contributed by atoms with Gasteiger partial charge in [-0.3, -0.25) is 4.79 Å². The molecule has 4 rings (SSSR count). The standard InChI is InChI=1S/C24H21F3N4O2/c1-16(23(9-10-23)31-22(32)18-13-28-15-29-14-18)30-12-17-7-8-21(20(11-17)24(25,26)27)33-19-5-3-2-4-6-19/h2-8,11,13-15,30H,1,9-10,12H2,(H,31,32). The van der Waals surface area contributed by atoms with Crippen molar-refractivity contribution in [3.8, 4) is 11.5 Å². The predicted molar refractivity (Wildman–Crippen MR) is 115 cm³/mol. The zero-order chi connectivity index (χ0) is 23.5. The van der Waals surface area contributed by atoms with Crippen molar-refractivity contribution in [3.63, 3.8) is 0 Å². The fourth-order valence-electron chi connectivity index (χ4n) is 3.32. The Hall–Kier alpha value is -3.88. The van der Waals surface area contributed by atoms with Crippen LogP contribution in [0.5, 0.6) is 11.5 Å². The third-order valence-electron chi connectivity index (χ3n) is 5.33. The predicted octanol–water partition coefficient (Wildman–Crippen LogP) is 4.85. The van der Waals surface area contributed by atoms with Gasteiger partial charge in [-0.2, -0.15) is 13.2 Å². The zero-order valence-corrected chi connectivity index (χ0v) is 17.5. The van der Waals surface area contributed by atoms with E-state index in [9.17, 15) is 18.0 Å². The van der Waals surface area contributed by atoms with Crippen molar-refractivity contribution in [2.45, 2.75) is 31.1 Å². The van der Waals surface area contributed by atoms with Crippen LogP contribution in [0.4, 0.5) is 13.2 Å². The van der Waals surface area contributed by atoms with Gasteiger partial charge in [0.05, 0.1) is 16.7 Å². The molecule has 1 fully saturated rings. The van der Waals surface area contributed by atoms with Crippen LogP contribution in [0.25, 0.3) is 0 Å². The second kappa shape index (κ2) is 8.93. The fourth-order valence-corrected chi connectivity index (χ4v) is 3.32. The number of rotatable bonds is 8. The van der Waals surface area contributed by atoms with Gasteiger partial charge in [-0.25, -0.2) is 9.97 Å². The van der Waals surface area contributed by atoms with E-state index in [4.69, 9.17) is 4.74 Å². The largest absolute Gasteiger partial charge is 0.457 e. The van der Waals surface area contributed by atoms with Gasteiger partial charge in [0.2, 0.25) is 0 Å². The number of ether oxygens (including phenoxy) is 1. The van der Waals surface area contributed by atoms with Gasteiger partial charge in [0.15, 0.2) is 0 Å². The second-order valence-corrected chi connectivity index (χ2v) is 7.74. The highest BCUT2D eigenvalue weighted by Crippen LogP contribution is 2.41. The first-order chi connectivity index (χ1) is 15.8. The summed E-state index contributed by atoms with van der Waals surface area (Å²) in [6.45, 7) is 4.10. The van der Waals surface area contributed by atoms with Gasteiger partial charge >= 0.3 is 6.18 Å². The number of carbonyl (C=O) groups is 1. The number of aromatic nitrogens is 2. The van der Waals surface area contributed by atoms with Gasteiger partial charge < -0.3 is 15.4 Å². The van der Waals surface area contributed by atoms with Gasteiger partial charge in [0.1, 0.15) is 17.8 Å². The number of nitrogens with one attached hydrogen (secondary N) is 2. The van der Waals surface area contributed by atoms with Crippen molar-refractivity contribution in [2.24, 2.45) is 0 Å². The number of hydrogen-bond donors (Lipinski definition) is 2. The molecule has 0 spiro atoms. The van der Waals surface area contributed by atoms with Crippen LogP contribution >= 0.6 is 0 Å². The molecule has 0 unspecified atom stereocenters. The van der Waals surface area contributed by atoms with E-state index < -0.39 is 17.3 Å². The van der Waals surface area contributed by atoms with Gasteiger partial charge in [0.25, 0.3) is 5.91 Å². The van der Waals surface area contributed by atoms with Gasteiger partial charge in [-0.15, -0.1) is 0 Å². The second-order valence-electron chi connectivity index (χ2n) is 7.74. The fraction of sp³-hybridized carbons (Fsp3) is 0.208. The molecular weight excluding hydrogens is 433 g/mol. The maximum Gasteiger partial charge on any atom is 0.419 e. The van der Waals surface area contributed by atoms with E-state index in [1.165, 1.54) is 24.8 Å². The molecule has 170 valence electrons. The highest BCUT2D eigenvalue weighted by molar-refractivity contribution is 5.94. The minimum Gasteiger partial charge on any atom is -0.457 e. The third kappa shape index (κ3) is 5.31. The molecule has 1 aliphatic carbocycles. The van der Waals surface area contributed by atoms with E-state index >= 15 is 0 Å². The lowest BCUT2D eigenvalue weighted by Gasteiger charge is -2.22. The van der Waals surface area contributed by atoms with Crippen LogP contribution in [0.3, 0.4) is 0 Å². The number of carbonyl (C=O) groups excluding carboxylic acids is 1. The van der Waals surface area contributed by atoms with Crippen LogP contribution in [0, 0.1) is 0 Å². The van der Waals surface area contributed by atoms with E-state index in [0.29, 0.717) is 35.4 Å². The summed E-state index contributed by atoms with van der Waals surface area (Å²) in [5.41, 5.74) is -0.251. The van der Waals surface area contributed by atoms with Gasteiger partial charge in [-0.1, -0.05) is 30.8 Å². The summed E-state index contributed by atoms with van der Waals surface area (Å²) < 4.78 is 46.4. The lowest BCUT2D eigenvalue weighted by atomic mass is 10.1. The molecule has 2 aromatic carbocycles. The summed E-state index contributed by atoms with van der Waals surface area (Å²) in [6, 6.07) is 12.2. The Kier molecular flexibility index (Phi) is 6.04. The van der Waals surface area contributed by atoms with Crippen LogP contribution < -0.4 is 15.4 Å². The highest BCUT2D eigenvalue weighted by atomic mass is 19.4. The molecule has 0 atom stereocenters. The van der Waals surface area contributed by atoms with Crippen LogP contribution in [0.2, 0.25) is 0 Å². The van der Waals surface area contributed by atoms with Gasteiger partial charge in [-0.05, 0) is 42.7 Å². The number of amides is 1. The van der Waals surface area contributed by atoms with Crippen LogP contribution in [0.1, 0.15) is 34.3 Å². The number of benzene rings is 2. The molecule has 3 aromatic rings. The number of hydrogen-bond acceptors (Lipinski definition) is 5. The van der Waals surface area contributed by atoms with E-state index in [0.717, 1.165) is 6.07 Å². The monoisotopic (exact) mass is 454 g/mol. The van der Waals surface area contributed by atoms with Crippen LogP contribution in [0.15, 0.2) is 79.5 Å². The Morgan fingerprint density at radius 3 is 2.42 bits per heavy atom. The molecule has 1 saturated carbocycles. The smallest absolute Gasteiger partial charge is 0.419 e. The SMILES string of the molecule is C=C(NCc1ccc(Oc2ccccc2)c(C(F)(F)F)c1)C1(NC(=O)c2cncnc2)CC1. The van der Waals surface area contributed by atoms with E-state index in [1.54, 1.807) is 36.4 Å². The molecule has 0 aliphatic heterocycles. The lowest BCUT2D eigenvalue weighted by Crippen LogP contribution is -2.42. The Labute approximate surface area is 188 Å². The van der Waals surface area contributed by atoms with Gasteiger partial charge in [0, 0.05) is 24.6 Å². The maximum atomic E-state index is 13.7. The number of alkyl halides is 3. The summed E-state index contributed by atoms with van der Waals surface area (Å²) in [6.07, 6.45) is 0.917. The minimum atomic E-state index is -4.58. The topological polar surface area (TPSA) is 76.1 Å². The Morgan fingerprint density at radius 1 is 1.09 bits per heavy atom. The van der Waals surface area contributed by atoms with Crippen molar-refractivity contribution in [1.82, 2.24) is 20.6 Å². The third-order valence-corrected chi connectivity index (χ3v) is 5.33. The summed E-state index contributed by atoms with van der Waals surface area (Å²) >= 11 is 0. The molecule has 33 heavy (non-hydrogen) atoms. The zero-order valence-electron chi connectivity index (χ0n) is 17.5. The molecule has 1 aromatic heterocycles. The van der Waals surface area contributed by atoms with Crippen molar-refractivity contribution in [2.75, 3.05) is 0 Å². The van der Waals surface area contributed by atoms with E-state index in [-0.39, 0.29) is 18.2 Å². The molecular formula is C24H21F3N4O2. The molecule has 1 aliphatic rings. The molecule has 0 saturated heterocycles. The Balaban J connectivity index is 1.43. The first kappa shape index (κ1) is 22.3. The van der Waals surface area contributed by atoms with E-state index in [1.807, 2.05) is 0 Å². The summed E-state index contributed by atoms with van der Waals surface area (Å²) in [7, 11) is 0. The minimum absolute atomic E-state index is 0.111. The van der Waals surface area contributed by atoms with Crippen molar-refractivity contribution in [1.29, 1.82) is 0 Å². The molecule has 0 radical (unpaired) electrons. The number of nitrogens with zero attached hydrogens (tertiary/aromatic N) is 2. The number of halogens is 3. The highest BCUT2D eigenvalue weighted by Gasteiger charge is 2.47. The maximum absolute atomic E-state index is 13.7. The quantitative estimate of drug-likeness (QED) is 0.509. The average Bonchev–Trinajstić information content (AvgIpc) is 3.59. The Morgan fingerprint density at radius 2 is 1.79 bits per heavy atom. The van der Waals surface area contributed by atoms with Crippen LogP contribution in [-0.2, 0) is 12.7 Å². The van der Waals surface area contributed by atoms with Crippen LogP contribution in [-0.4, -0.2) is 21.4 Å². The Bertz CT molecular complexity index is 1150. The summed E-state index contributed by atoms with van der Waals surface area (Å²) in [4.78, 5) is 20.1. The van der Waals surface area contributed by atoms with Crippen molar-refractivity contribution in [3.05, 3.63) is 96.2 Å². The molecule has 2 N–H and O–H groups in total. The van der Waals surface area contributed by atoms with Crippen molar-refractivity contribution < 1.29 is 22.7 Å². The van der Waals surface area contributed by atoms with E-state index in [2.05, 4.69) is 27.2 Å². The lowest BCUT2D eigenvalue weighted by molar-refractivity contribution is -0.138. The molecule has 1 heterocycles. The molecule has 1 amide bonds. The van der Waals surface area contributed by atoms with Crippen molar-refractivity contribution >= 4 is 5.91 Å². The normalized spacial score (nSPS) is 14.3. The summed E-state index contributed by atoms with van der Waals surface area (Å²) in [5.74, 6) is -0.289. The first-order valence-electron chi connectivity index (χ1n) is 10.2. The molecule has 9 heteroatoms.